The van der Waals surface area contributed by atoms with E-state index in [1.807, 2.05) is 24.3 Å². The predicted octanol–water partition coefficient (Wildman–Crippen LogP) is 3.08. The smallest absolute Gasteiger partial charge is 0.288 e. The van der Waals surface area contributed by atoms with Gasteiger partial charge in [0.2, 0.25) is 5.89 Å². The zero-order chi connectivity index (χ0) is 11.5. The first-order valence-corrected chi connectivity index (χ1v) is 5.47. The molecule has 0 radical (unpaired) electrons. The minimum atomic E-state index is 0.179. The summed E-state index contributed by atoms with van der Waals surface area (Å²) in [5.74, 6) is 1.23. The minimum absolute atomic E-state index is 0.179. The van der Waals surface area contributed by atoms with Gasteiger partial charge in [-0.3, -0.25) is 0 Å². The van der Waals surface area contributed by atoms with E-state index in [1.54, 1.807) is 7.11 Å². The SMILES string of the molecule is COc1ccc(-c2nn(CCl)c(=S)o2)cc1. The maximum absolute atomic E-state index is 5.63. The van der Waals surface area contributed by atoms with Crippen molar-refractivity contribution in [3.63, 3.8) is 0 Å². The normalized spacial score (nSPS) is 10.4. The lowest BCUT2D eigenvalue weighted by molar-refractivity contribution is 0.415. The summed E-state index contributed by atoms with van der Waals surface area (Å²) in [6.07, 6.45) is 0. The Morgan fingerprint density at radius 1 is 1.44 bits per heavy atom. The number of benzene rings is 1. The quantitative estimate of drug-likeness (QED) is 0.625. The van der Waals surface area contributed by atoms with Crippen molar-refractivity contribution in [2.45, 2.75) is 6.00 Å². The van der Waals surface area contributed by atoms with Gasteiger partial charge in [-0.2, -0.15) is 0 Å². The summed E-state index contributed by atoms with van der Waals surface area (Å²) in [4.78, 5) is 0.265. The van der Waals surface area contributed by atoms with Gasteiger partial charge in [-0.15, -0.1) is 16.7 Å². The lowest BCUT2D eigenvalue weighted by Crippen LogP contribution is -1.93. The van der Waals surface area contributed by atoms with Crippen molar-refractivity contribution in [3.8, 4) is 17.2 Å². The Labute approximate surface area is 102 Å². The van der Waals surface area contributed by atoms with Crippen molar-refractivity contribution in [1.29, 1.82) is 0 Å². The van der Waals surface area contributed by atoms with Crippen LogP contribution >= 0.6 is 23.8 Å². The fourth-order valence-corrected chi connectivity index (χ4v) is 1.65. The van der Waals surface area contributed by atoms with Crippen molar-refractivity contribution in [3.05, 3.63) is 29.1 Å². The summed E-state index contributed by atoms with van der Waals surface area (Å²) in [7, 11) is 1.61. The molecule has 2 aromatic rings. The molecule has 0 amide bonds. The van der Waals surface area contributed by atoms with E-state index in [-0.39, 0.29) is 10.8 Å². The van der Waals surface area contributed by atoms with E-state index in [4.69, 9.17) is 33.0 Å². The third kappa shape index (κ3) is 2.10. The molecule has 4 nitrogen and oxygen atoms in total. The van der Waals surface area contributed by atoms with Crippen LogP contribution in [0, 0.1) is 4.84 Å². The molecule has 0 aliphatic rings. The zero-order valence-corrected chi connectivity index (χ0v) is 10.1. The summed E-state index contributed by atoms with van der Waals surface area (Å²) in [6.45, 7) is 0. The van der Waals surface area contributed by atoms with Crippen molar-refractivity contribution in [2.24, 2.45) is 0 Å². The number of hydrogen-bond donors (Lipinski definition) is 0. The van der Waals surface area contributed by atoms with Gasteiger partial charge in [0.05, 0.1) is 7.11 Å². The van der Waals surface area contributed by atoms with Gasteiger partial charge in [0.15, 0.2) is 0 Å². The topological polar surface area (TPSA) is 40.2 Å². The van der Waals surface area contributed by atoms with Gasteiger partial charge >= 0.3 is 0 Å². The van der Waals surface area contributed by atoms with Crippen molar-refractivity contribution in [1.82, 2.24) is 9.78 Å². The van der Waals surface area contributed by atoms with Crippen LogP contribution in [0.1, 0.15) is 0 Å². The number of rotatable bonds is 3. The lowest BCUT2D eigenvalue weighted by atomic mass is 10.2. The second-order valence-corrected chi connectivity index (χ2v) is 3.61. The molecule has 0 aliphatic carbocycles. The number of ether oxygens (including phenoxy) is 1. The molecule has 6 heteroatoms. The van der Waals surface area contributed by atoms with E-state index in [0.29, 0.717) is 5.89 Å². The van der Waals surface area contributed by atoms with Crippen molar-refractivity contribution in [2.75, 3.05) is 7.11 Å². The van der Waals surface area contributed by atoms with E-state index in [2.05, 4.69) is 5.10 Å². The van der Waals surface area contributed by atoms with Crippen LogP contribution in [0.15, 0.2) is 28.7 Å². The highest BCUT2D eigenvalue weighted by molar-refractivity contribution is 7.71. The second-order valence-electron chi connectivity index (χ2n) is 3.02. The maximum atomic E-state index is 5.63. The summed E-state index contributed by atoms with van der Waals surface area (Å²) < 4.78 is 11.8. The molecule has 0 N–H and O–H groups in total. The Kier molecular flexibility index (Phi) is 3.26. The molecule has 84 valence electrons. The standard InChI is InChI=1S/C10H9ClN2O2S/c1-14-8-4-2-7(3-5-8)9-12-13(6-11)10(16)15-9/h2-5H,6H2,1H3. The largest absolute Gasteiger partial charge is 0.497 e. The monoisotopic (exact) mass is 256 g/mol. The second kappa shape index (κ2) is 4.67. The van der Waals surface area contributed by atoms with Crippen LogP contribution in [0.2, 0.25) is 0 Å². The molecule has 0 aliphatic heterocycles. The average molecular weight is 257 g/mol. The highest BCUT2D eigenvalue weighted by Crippen LogP contribution is 2.21. The lowest BCUT2D eigenvalue weighted by Gasteiger charge is -1.99. The van der Waals surface area contributed by atoms with Crippen LogP contribution in [0.5, 0.6) is 5.75 Å². The van der Waals surface area contributed by atoms with E-state index in [0.717, 1.165) is 11.3 Å². The number of methoxy groups -OCH3 is 1. The van der Waals surface area contributed by atoms with Crippen molar-refractivity contribution < 1.29 is 9.15 Å². The summed E-state index contributed by atoms with van der Waals surface area (Å²) in [6, 6.07) is 7.52. The summed E-state index contributed by atoms with van der Waals surface area (Å²) >= 11 is 10.6. The number of alkyl halides is 1. The molecule has 0 saturated carbocycles. The fraction of sp³-hybridized carbons (Fsp3) is 0.200. The molecule has 0 unspecified atom stereocenters. The molecule has 0 atom stereocenters. The molecule has 0 saturated heterocycles. The predicted molar refractivity (Wildman–Crippen MR) is 63.2 cm³/mol. The number of halogens is 1. The first kappa shape index (κ1) is 11.2. The first-order chi connectivity index (χ1) is 7.74. The van der Waals surface area contributed by atoms with E-state index in [9.17, 15) is 0 Å². The van der Waals surface area contributed by atoms with Crippen molar-refractivity contribution >= 4 is 23.8 Å². The van der Waals surface area contributed by atoms with Crippen LogP contribution in [0.25, 0.3) is 11.5 Å². The highest BCUT2D eigenvalue weighted by Gasteiger charge is 2.07. The Morgan fingerprint density at radius 3 is 2.62 bits per heavy atom. The molecule has 0 fully saturated rings. The number of hydrogen-bond acceptors (Lipinski definition) is 4. The molecule has 1 heterocycles. The Morgan fingerprint density at radius 2 is 2.12 bits per heavy atom. The third-order valence-electron chi connectivity index (χ3n) is 2.06. The average Bonchev–Trinajstić information content (AvgIpc) is 2.71. The highest BCUT2D eigenvalue weighted by atomic mass is 35.5. The zero-order valence-electron chi connectivity index (χ0n) is 8.51. The number of aromatic nitrogens is 2. The molecule has 16 heavy (non-hydrogen) atoms. The molecule has 0 spiro atoms. The van der Waals surface area contributed by atoms with Gasteiger partial charge in [0, 0.05) is 5.56 Å². The summed E-state index contributed by atoms with van der Waals surface area (Å²) in [5.41, 5.74) is 0.829. The van der Waals surface area contributed by atoms with E-state index >= 15 is 0 Å². The molecular formula is C10H9ClN2O2S. The van der Waals surface area contributed by atoms with E-state index < -0.39 is 0 Å². The van der Waals surface area contributed by atoms with Crippen LogP contribution in [-0.2, 0) is 6.00 Å². The van der Waals surface area contributed by atoms with Gasteiger partial charge in [-0.25, -0.2) is 4.68 Å². The van der Waals surface area contributed by atoms with Gasteiger partial charge in [0.25, 0.3) is 4.84 Å². The van der Waals surface area contributed by atoms with Gasteiger partial charge in [-0.1, -0.05) is 0 Å². The Balaban J connectivity index is 2.38. The summed E-state index contributed by atoms with van der Waals surface area (Å²) in [5, 5.41) is 4.13. The van der Waals surface area contributed by atoms with E-state index in [1.165, 1.54) is 4.68 Å². The molecule has 0 bridgehead atoms. The molecule has 1 aromatic heterocycles. The molecule has 2 rings (SSSR count). The Hall–Kier alpha value is -1.33. The minimum Gasteiger partial charge on any atom is -0.497 e. The third-order valence-corrected chi connectivity index (χ3v) is 2.58. The van der Waals surface area contributed by atoms with Gasteiger partial charge < -0.3 is 9.15 Å². The van der Waals surface area contributed by atoms with Crippen LogP contribution in [-0.4, -0.2) is 16.9 Å². The van der Waals surface area contributed by atoms with Gasteiger partial charge in [0.1, 0.15) is 11.8 Å². The molecular weight excluding hydrogens is 248 g/mol. The van der Waals surface area contributed by atoms with Gasteiger partial charge in [-0.05, 0) is 36.5 Å². The molecule has 1 aromatic carbocycles. The fourth-order valence-electron chi connectivity index (χ4n) is 1.23. The Bertz CT molecular complexity index is 532. The number of nitrogens with zero attached hydrogens (tertiary/aromatic N) is 2. The van der Waals surface area contributed by atoms with Crippen LogP contribution < -0.4 is 4.74 Å². The maximum Gasteiger partial charge on any atom is 0.288 e. The van der Waals surface area contributed by atoms with Crippen LogP contribution in [0.4, 0.5) is 0 Å². The first-order valence-electron chi connectivity index (χ1n) is 4.53. The van der Waals surface area contributed by atoms with Crippen LogP contribution in [0.3, 0.4) is 0 Å².